The molecule has 0 saturated carbocycles. The molecule has 196 valence electrons. The van der Waals surface area contributed by atoms with Crippen molar-refractivity contribution >= 4 is 41.2 Å². The lowest BCUT2D eigenvalue weighted by Crippen LogP contribution is -2.17. The summed E-state index contributed by atoms with van der Waals surface area (Å²) < 4.78 is 24.3. The summed E-state index contributed by atoms with van der Waals surface area (Å²) in [6.07, 6.45) is 3.04. The number of rotatable bonds is 2. The standard InChI is InChI=1S/C8H8Cl2.C8H9Cl.C7H6F2.C6H11NO/c1-2-6-5-7(9)3-4-8(6)10;1-6-3-4-7(2)8(9)5-6;1-5-2-3-6(8)7(9)4-5;1-6-2-3-7(4-6)5-8/h3-5H,2H2,1H3;3-5H,1-2H3;2-4H,1H3;5-6H,2-4H2,1H3. The van der Waals surface area contributed by atoms with E-state index >= 15 is 0 Å². The molecular weight excluding hydrogens is 523 g/mol. The van der Waals surface area contributed by atoms with E-state index in [2.05, 4.69) is 19.9 Å². The number of carbonyl (C=O) groups is 1. The van der Waals surface area contributed by atoms with Crippen LogP contribution in [0.3, 0.4) is 0 Å². The molecule has 1 aliphatic rings. The lowest BCUT2D eigenvalue weighted by molar-refractivity contribution is -0.117. The van der Waals surface area contributed by atoms with Crippen LogP contribution in [0.2, 0.25) is 15.1 Å². The van der Waals surface area contributed by atoms with Crippen LogP contribution in [0.1, 0.15) is 42.5 Å². The van der Waals surface area contributed by atoms with Gasteiger partial charge in [0, 0.05) is 28.2 Å². The van der Waals surface area contributed by atoms with Crippen molar-refractivity contribution in [3.05, 3.63) is 104 Å². The molecule has 0 bridgehead atoms. The Kier molecular flexibility index (Phi) is 14.7. The summed E-state index contributed by atoms with van der Waals surface area (Å²) in [6.45, 7) is 11.9. The Labute approximate surface area is 229 Å². The first-order valence-corrected chi connectivity index (χ1v) is 12.9. The molecular formula is C29H34Cl3F2NO. The monoisotopic (exact) mass is 555 g/mol. The van der Waals surface area contributed by atoms with E-state index < -0.39 is 11.6 Å². The van der Waals surface area contributed by atoms with Crippen molar-refractivity contribution in [3.8, 4) is 0 Å². The predicted octanol–water partition coefficient (Wildman–Crippen LogP) is 9.27. The van der Waals surface area contributed by atoms with Gasteiger partial charge in [0.1, 0.15) is 0 Å². The molecule has 0 aliphatic carbocycles. The Morgan fingerprint density at radius 3 is 1.94 bits per heavy atom. The number of aryl methyl sites for hydroxylation is 4. The minimum Gasteiger partial charge on any atom is -0.345 e. The zero-order valence-corrected chi connectivity index (χ0v) is 23.7. The number of hydrogen-bond donors (Lipinski definition) is 0. The SMILES string of the molecule is CC1CCN(C=O)C1.CCc1cc(Cl)ccc1Cl.Cc1ccc(C)c(Cl)c1.Cc1ccc(F)c(F)c1. The summed E-state index contributed by atoms with van der Waals surface area (Å²) >= 11 is 17.4. The van der Waals surface area contributed by atoms with E-state index in [1.807, 2.05) is 43.0 Å². The lowest BCUT2D eigenvalue weighted by atomic mass is 10.2. The molecule has 3 aromatic carbocycles. The highest BCUT2D eigenvalue weighted by Gasteiger charge is 2.15. The van der Waals surface area contributed by atoms with Crippen LogP contribution >= 0.6 is 34.8 Å². The molecule has 1 fully saturated rings. The van der Waals surface area contributed by atoms with Gasteiger partial charge in [-0.25, -0.2) is 8.78 Å². The van der Waals surface area contributed by atoms with Crippen LogP contribution < -0.4 is 0 Å². The van der Waals surface area contributed by atoms with Gasteiger partial charge in [0.2, 0.25) is 6.41 Å². The average molecular weight is 557 g/mol. The number of halogens is 5. The van der Waals surface area contributed by atoms with Crippen LogP contribution in [-0.2, 0) is 11.2 Å². The first kappa shape index (κ1) is 31.9. The fraction of sp³-hybridized carbons (Fsp3) is 0.345. The van der Waals surface area contributed by atoms with Crippen LogP contribution in [0.25, 0.3) is 0 Å². The molecule has 0 radical (unpaired) electrons. The molecule has 1 heterocycles. The van der Waals surface area contributed by atoms with Gasteiger partial charge in [0.15, 0.2) is 11.6 Å². The van der Waals surface area contributed by atoms with Crippen molar-refractivity contribution < 1.29 is 13.6 Å². The molecule has 36 heavy (non-hydrogen) atoms. The van der Waals surface area contributed by atoms with Crippen molar-refractivity contribution in [2.45, 2.75) is 47.5 Å². The number of nitrogens with zero attached hydrogens (tertiary/aromatic N) is 1. The molecule has 1 unspecified atom stereocenters. The van der Waals surface area contributed by atoms with Gasteiger partial charge in [-0.1, -0.05) is 66.8 Å². The number of carbonyl (C=O) groups excluding carboxylic acids is 1. The second-order valence-corrected chi connectivity index (χ2v) is 10.0. The highest BCUT2D eigenvalue weighted by Crippen LogP contribution is 2.20. The van der Waals surface area contributed by atoms with Crippen molar-refractivity contribution in [1.29, 1.82) is 0 Å². The molecule has 7 heteroatoms. The molecule has 1 amide bonds. The predicted molar refractivity (Wildman–Crippen MR) is 149 cm³/mol. The minimum absolute atomic E-state index is 0.722. The average Bonchev–Trinajstić information content (AvgIpc) is 3.27. The zero-order chi connectivity index (χ0) is 27.3. The summed E-state index contributed by atoms with van der Waals surface area (Å²) in [4.78, 5) is 11.9. The van der Waals surface area contributed by atoms with Crippen molar-refractivity contribution in [2.24, 2.45) is 5.92 Å². The number of benzene rings is 3. The summed E-state index contributed by atoms with van der Waals surface area (Å²) in [5, 5.41) is 2.41. The van der Waals surface area contributed by atoms with Crippen molar-refractivity contribution in [2.75, 3.05) is 13.1 Å². The highest BCUT2D eigenvalue weighted by atomic mass is 35.5. The second-order valence-electron chi connectivity index (χ2n) is 8.75. The molecule has 4 rings (SSSR count). The van der Waals surface area contributed by atoms with E-state index in [9.17, 15) is 13.6 Å². The second kappa shape index (κ2) is 16.6. The van der Waals surface area contributed by atoms with Gasteiger partial charge < -0.3 is 4.90 Å². The lowest BCUT2D eigenvalue weighted by Gasteiger charge is -2.04. The van der Waals surface area contributed by atoms with Crippen LogP contribution in [0.5, 0.6) is 0 Å². The largest absolute Gasteiger partial charge is 0.345 e. The molecule has 0 aromatic heterocycles. The summed E-state index contributed by atoms with van der Waals surface area (Å²) in [6, 6.07) is 15.4. The Morgan fingerprint density at radius 1 is 0.889 bits per heavy atom. The number of amides is 1. The zero-order valence-electron chi connectivity index (χ0n) is 21.4. The van der Waals surface area contributed by atoms with Crippen molar-refractivity contribution in [3.63, 3.8) is 0 Å². The summed E-state index contributed by atoms with van der Waals surface area (Å²) in [7, 11) is 0. The fourth-order valence-electron chi connectivity index (χ4n) is 3.18. The van der Waals surface area contributed by atoms with E-state index in [-0.39, 0.29) is 0 Å². The maximum Gasteiger partial charge on any atom is 0.209 e. The van der Waals surface area contributed by atoms with Crippen LogP contribution in [0.4, 0.5) is 8.78 Å². The van der Waals surface area contributed by atoms with Crippen molar-refractivity contribution in [1.82, 2.24) is 4.90 Å². The number of likely N-dealkylation sites (tertiary alicyclic amines) is 1. The van der Waals surface area contributed by atoms with Gasteiger partial charge in [0.25, 0.3) is 0 Å². The van der Waals surface area contributed by atoms with E-state index in [1.54, 1.807) is 13.0 Å². The van der Waals surface area contributed by atoms with Gasteiger partial charge in [-0.15, -0.1) is 0 Å². The normalized spacial score (nSPS) is 13.9. The molecule has 1 saturated heterocycles. The number of hydrogen-bond acceptors (Lipinski definition) is 1. The molecule has 0 N–H and O–H groups in total. The third-order valence-corrected chi connectivity index (χ3v) is 6.41. The molecule has 2 nitrogen and oxygen atoms in total. The van der Waals surface area contributed by atoms with Gasteiger partial charge in [-0.2, -0.15) is 0 Å². The topological polar surface area (TPSA) is 20.3 Å². The smallest absolute Gasteiger partial charge is 0.209 e. The Morgan fingerprint density at radius 2 is 1.53 bits per heavy atom. The van der Waals surface area contributed by atoms with E-state index in [0.29, 0.717) is 0 Å². The van der Waals surface area contributed by atoms with Gasteiger partial charge in [-0.05, 0) is 98.2 Å². The van der Waals surface area contributed by atoms with Gasteiger partial charge >= 0.3 is 0 Å². The quantitative estimate of drug-likeness (QED) is 0.288. The molecule has 3 aromatic rings. The maximum absolute atomic E-state index is 12.2. The van der Waals surface area contributed by atoms with Crippen LogP contribution in [0, 0.1) is 38.3 Å². The van der Waals surface area contributed by atoms with E-state index in [4.69, 9.17) is 34.8 Å². The van der Waals surface area contributed by atoms with Crippen LogP contribution in [-0.4, -0.2) is 24.4 Å². The Hall–Kier alpha value is -2.14. The maximum atomic E-state index is 12.2. The third-order valence-electron chi connectivity index (χ3n) is 5.40. The van der Waals surface area contributed by atoms with Crippen LogP contribution in [0.15, 0.2) is 54.6 Å². The Balaban J connectivity index is 0.000000241. The third kappa shape index (κ3) is 12.2. The summed E-state index contributed by atoms with van der Waals surface area (Å²) in [5.41, 5.74) is 4.19. The minimum atomic E-state index is -0.791. The van der Waals surface area contributed by atoms with Gasteiger partial charge in [0.05, 0.1) is 0 Å². The van der Waals surface area contributed by atoms with Gasteiger partial charge in [-0.3, -0.25) is 4.79 Å². The highest BCUT2D eigenvalue weighted by molar-refractivity contribution is 6.33. The van der Waals surface area contributed by atoms with E-state index in [0.717, 1.165) is 75.7 Å². The molecule has 1 atom stereocenters. The Bertz CT molecular complexity index is 1060. The molecule has 0 spiro atoms. The van der Waals surface area contributed by atoms with E-state index in [1.165, 1.54) is 18.1 Å². The summed E-state index contributed by atoms with van der Waals surface area (Å²) in [5.74, 6) is -0.851. The first-order valence-electron chi connectivity index (χ1n) is 11.7. The first-order chi connectivity index (χ1) is 17.0. The molecule has 1 aliphatic heterocycles. The fourth-order valence-corrected chi connectivity index (χ4v) is 3.86.